The van der Waals surface area contributed by atoms with Gasteiger partial charge in [0.05, 0.1) is 23.8 Å². The monoisotopic (exact) mass is 937 g/mol. The summed E-state index contributed by atoms with van der Waals surface area (Å²) in [5.74, 6) is -1.95. The highest BCUT2D eigenvalue weighted by Crippen LogP contribution is 2.35. The molecule has 3 aromatic carbocycles. The van der Waals surface area contributed by atoms with E-state index in [0.29, 0.717) is 48.7 Å². The first-order valence-corrected chi connectivity index (χ1v) is 24.8. The second-order valence-corrected chi connectivity index (χ2v) is 20.3. The Hall–Kier alpha value is -6.40. The average Bonchev–Trinajstić information content (AvgIpc) is 3.29. The van der Waals surface area contributed by atoms with Crippen molar-refractivity contribution in [1.29, 1.82) is 0 Å². The summed E-state index contributed by atoms with van der Waals surface area (Å²) in [5.41, 5.74) is 2.88. The number of aryl methyl sites for hydroxylation is 1. The lowest BCUT2D eigenvalue weighted by atomic mass is 10.1. The van der Waals surface area contributed by atoms with Crippen molar-refractivity contribution in [3.8, 4) is 0 Å². The molecule has 4 aromatic rings. The Labute approximate surface area is 388 Å². The summed E-state index contributed by atoms with van der Waals surface area (Å²) >= 11 is 0. The van der Waals surface area contributed by atoms with Crippen molar-refractivity contribution in [3.05, 3.63) is 118 Å². The number of rotatable bonds is 17. The molecule has 1 atom stereocenters. The quantitative estimate of drug-likeness (QED) is 0.0630. The number of pyridine rings is 1. The van der Waals surface area contributed by atoms with Crippen LogP contribution in [0.5, 0.6) is 0 Å². The Balaban J connectivity index is 0.00000111. The molecular weight excluding hydrogens is 870 g/mol. The lowest BCUT2D eigenvalue weighted by molar-refractivity contribution is -0.125. The number of anilines is 2. The number of carbonyl (C=O) groups is 5. The largest absolute Gasteiger partial charge is 0.483 e. The zero-order valence-corrected chi connectivity index (χ0v) is 40.3. The van der Waals surface area contributed by atoms with Gasteiger partial charge in [-0.2, -0.15) is 0 Å². The number of carbonyl (C=O) groups excluding carboxylic acids is 3. The minimum atomic E-state index is -1.37. The van der Waals surface area contributed by atoms with Gasteiger partial charge in [0, 0.05) is 74.5 Å². The molecule has 18 heteroatoms. The molecule has 5 rings (SSSR count). The topological polar surface area (TPSA) is 212 Å². The molecule has 1 aliphatic rings. The van der Waals surface area contributed by atoms with Crippen molar-refractivity contribution in [1.82, 2.24) is 25.4 Å². The highest BCUT2D eigenvalue weighted by Gasteiger charge is 2.26. The zero-order valence-electron chi connectivity index (χ0n) is 39.4. The lowest BCUT2D eigenvalue weighted by Crippen LogP contribution is -2.49. The van der Waals surface area contributed by atoms with E-state index in [2.05, 4.69) is 53.5 Å². The van der Waals surface area contributed by atoms with Gasteiger partial charge in [0.2, 0.25) is 17.2 Å². The molecular formula is C48H68FN7O9S. The van der Waals surface area contributed by atoms with Gasteiger partial charge in [-0.3, -0.25) is 19.2 Å². The number of piperazine rings is 1. The molecule has 1 saturated heterocycles. The molecule has 362 valence electrons. The summed E-state index contributed by atoms with van der Waals surface area (Å²) in [4.78, 5) is 74.5. The fourth-order valence-corrected chi connectivity index (χ4v) is 7.77. The molecule has 0 spiro atoms. The highest BCUT2D eigenvalue weighted by atomic mass is 32.3. The predicted octanol–water partition coefficient (Wildman–Crippen LogP) is 6.47. The van der Waals surface area contributed by atoms with Crippen LogP contribution in [0.4, 0.5) is 20.6 Å². The second kappa shape index (κ2) is 28.5. The van der Waals surface area contributed by atoms with E-state index in [1.54, 1.807) is 46.7 Å². The number of aromatic nitrogens is 1. The smallest absolute Gasteiger partial charge is 0.410 e. The summed E-state index contributed by atoms with van der Waals surface area (Å²) < 4.78 is 22.4. The molecule has 66 heavy (non-hydrogen) atoms. The molecule has 1 aromatic heterocycles. The standard InChI is InChI=1S/C39H47FN6O7S.C6H13N.C2H6.CH2O2/c1-5-44-23-30(38(50)51)36(48)29-19-31(40)34(20-33(29)44)45-15-17-46(18-16-45)39(52)53-24-27-11-13-28(14-12-27)43-35(47)22-42-37(49)32(25-54(2,3)4)41-21-26-9-7-6-8-10-26;1-4-5-7-6(2)3;1-2;2-1-3/h6-14,19-20,23,32,41H,5,15-18,21-22,24-25H2,1-4H3,(H,42,49)(H,43,47)(H,50,51);7H,2,4-5H2,1,3H3;1-2H3;1H,(H,2,3)/t32-;;;/m0.../s1. The Kier molecular flexibility index (Phi) is 24.1. The van der Waals surface area contributed by atoms with E-state index in [9.17, 15) is 29.1 Å². The number of amides is 3. The molecule has 0 unspecified atom stereocenters. The minimum absolute atomic E-state index is 0.00263. The Bertz CT molecular complexity index is 2260. The minimum Gasteiger partial charge on any atom is -0.483 e. The van der Waals surface area contributed by atoms with Crippen LogP contribution in [0.2, 0.25) is 0 Å². The molecule has 0 bridgehead atoms. The zero-order chi connectivity index (χ0) is 49.4. The number of fused-ring (bicyclic) bond motifs is 1. The van der Waals surface area contributed by atoms with Crippen LogP contribution in [0.25, 0.3) is 10.9 Å². The number of aromatic carboxylic acids is 1. The number of nitrogens with zero attached hydrogens (tertiary/aromatic N) is 3. The Morgan fingerprint density at radius 2 is 1.56 bits per heavy atom. The van der Waals surface area contributed by atoms with Crippen LogP contribution in [0.1, 0.15) is 62.5 Å². The molecule has 1 aliphatic heterocycles. The molecule has 0 aliphatic carbocycles. The number of benzene rings is 3. The van der Waals surface area contributed by atoms with Gasteiger partial charge >= 0.3 is 12.1 Å². The summed E-state index contributed by atoms with van der Waals surface area (Å²) in [6.45, 7) is 16.3. The van der Waals surface area contributed by atoms with Crippen molar-refractivity contribution in [2.24, 2.45) is 0 Å². The van der Waals surface area contributed by atoms with Crippen LogP contribution in [-0.2, 0) is 38.8 Å². The van der Waals surface area contributed by atoms with Gasteiger partial charge in [-0.25, -0.2) is 24.0 Å². The third kappa shape index (κ3) is 18.6. The number of hydrogen-bond donors (Lipinski definition) is 6. The van der Waals surface area contributed by atoms with E-state index in [1.165, 1.54) is 17.5 Å². The van der Waals surface area contributed by atoms with Crippen molar-refractivity contribution < 1.29 is 43.3 Å². The second-order valence-electron chi connectivity index (χ2n) is 15.8. The van der Waals surface area contributed by atoms with E-state index in [1.807, 2.05) is 51.1 Å². The van der Waals surface area contributed by atoms with Crippen molar-refractivity contribution in [2.45, 2.75) is 66.8 Å². The van der Waals surface area contributed by atoms with Crippen LogP contribution in [0, 0.1) is 5.82 Å². The molecule has 0 radical (unpaired) electrons. The maximum Gasteiger partial charge on any atom is 0.410 e. The molecule has 16 nitrogen and oxygen atoms in total. The molecule has 6 N–H and O–H groups in total. The van der Waals surface area contributed by atoms with E-state index in [0.717, 1.165) is 23.9 Å². The van der Waals surface area contributed by atoms with Crippen molar-refractivity contribution in [3.63, 3.8) is 0 Å². The van der Waals surface area contributed by atoms with Crippen molar-refractivity contribution in [2.75, 3.05) is 74.0 Å². The third-order valence-corrected chi connectivity index (χ3v) is 11.0. The number of hydrogen-bond acceptors (Lipinski definition) is 10. The van der Waals surface area contributed by atoms with Crippen LogP contribution in [0.15, 0.2) is 90.0 Å². The van der Waals surface area contributed by atoms with Gasteiger partial charge in [0.1, 0.15) is 18.0 Å². The molecule has 3 amide bonds. The van der Waals surface area contributed by atoms with Crippen molar-refractivity contribution >= 4 is 62.7 Å². The third-order valence-electron chi connectivity index (χ3n) is 9.68. The highest BCUT2D eigenvalue weighted by molar-refractivity contribution is 8.32. The van der Waals surface area contributed by atoms with Crippen LogP contribution in [0.3, 0.4) is 0 Å². The van der Waals surface area contributed by atoms with Crippen LogP contribution < -0.4 is 31.6 Å². The van der Waals surface area contributed by atoms with Crippen LogP contribution in [-0.4, -0.2) is 120 Å². The Morgan fingerprint density at radius 3 is 2.09 bits per heavy atom. The number of carboxylic acid groups (broad SMARTS) is 2. The molecule has 0 saturated carbocycles. The van der Waals surface area contributed by atoms with Gasteiger partial charge in [-0.05, 0) is 74.4 Å². The van der Waals surface area contributed by atoms with Gasteiger partial charge in [0.25, 0.3) is 6.47 Å². The van der Waals surface area contributed by atoms with E-state index in [4.69, 9.17) is 14.6 Å². The molecule has 1 fully saturated rings. The average molecular weight is 938 g/mol. The lowest BCUT2D eigenvalue weighted by Gasteiger charge is -2.35. The SMILES string of the molecule is C=C(C)NCCC.CC.CCn1cc(C(=O)O)c(=O)c2cc(F)c(N3CCN(C(=O)OCc4ccc(NC(=O)CNC(=O)[C@H](CS(C)(C)C)NCc5ccccc5)cc4)CC3)cc21.O=CO. The summed E-state index contributed by atoms with van der Waals surface area (Å²) in [7, 11) is -1.00. The number of ether oxygens (including phenoxy) is 1. The normalized spacial score (nSPS) is 12.6. The summed E-state index contributed by atoms with van der Waals surface area (Å²) in [6.07, 6.45) is 8.35. The Morgan fingerprint density at radius 1 is 0.939 bits per heavy atom. The van der Waals surface area contributed by atoms with Gasteiger partial charge in [-0.1, -0.05) is 69.8 Å². The van der Waals surface area contributed by atoms with E-state index < -0.39 is 44.9 Å². The fourth-order valence-electron chi connectivity index (χ4n) is 6.50. The summed E-state index contributed by atoms with van der Waals surface area (Å²) in [5, 5.41) is 28.3. The number of nitrogens with one attached hydrogen (secondary N) is 4. The van der Waals surface area contributed by atoms with E-state index in [-0.39, 0.29) is 55.6 Å². The van der Waals surface area contributed by atoms with Gasteiger partial charge in [0.15, 0.2) is 0 Å². The maximum absolute atomic E-state index is 15.3. The van der Waals surface area contributed by atoms with Gasteiger partial charge < -0.3 is 50.6 Å². The molecule has 2 heterocycles. The first kappa shape index (κ1) is 55.7. The number of carboxylic acids is 1. The van der Waals surface area contributed by atoms with Crippen LogP contribution >= 0.6 is 10.0 Å². The maximum atomic E-state index is 15.3. The van der Waals surface area contributed by atoms with Gasteiger partial charge in [-0.15, -0.1) is 0 Å². The fraction of sp³-hybridized carbons (Fsp3) is 0.417. The first-order chi connectivity index (χ1) is 31.4. The predicted molar refractivity (Wildman–Crippen MR) is 263 cm³/mol. The number of allylic oxidation sites excluding steroid dienone is 1. The first-order valence-electron chi connectivity index (χ1n) is 21.7. The van der Waals surface area contributed by atoms with E-state index >= 15 is 4.39 Å². The summed E-state index contributed by atoms with van der Waals surface area (Å²) in [6, 6.07) is 18.9. The number of halogens is 1.